The van der Waals surface area contributed by atoms with Gasteiger partial charge in [0.1, 0.15) is 16.8 Å². The average Bonchev–Trinajstić information content (AvgIpc) is 2.66. The summed E-state index contributed by atoms with van der Waals surface area (Å²) in [5.74, 6) is -0.404. The quantitative estimate of drug-likeness (QED) is 0.592. The molecule has 0 fully saturated rings. The zero-order chi connectivity index (χ0) is 12.6. The number of nitrogens with zero attached hydrogens (tertiary/aromatic N) is 2. The van der Waals surface area contributed by atoms with Gasteiger partial charge in [-0.2, -0.15) is 0 Å². The van der Waals surface area contributed by atoms with E-state index < -0.39 is 11.6 Å². The number of hydrogen-bond acceptors (Lipinski definition) is 4. The van der Waals surface area contributed by atoms with Gasteiger partial charge < -0.3 is 9.30 Å². The summed E-state index contributed by atoms with van der Waals surface area (Å²) in [5.41, 5.74) is 1.51. The molecule has 2 heterocycles. The molecule has 0 aliphatic carbocycles. The molecule has 0 spiro atoms. The van der Waals surface area contributed by atoms with Crippen molar-refractivity contribution in [3.8, 4) is 5.75 Å². The summed E-state index contributed by atoms with van der Waals surface area (Å²) in [6.07, 6.45) is 3.15. The predicted molar refractivity (Wildman–Crippen MR) is 62.3 cm³/mol. The van der Waals surface area contributed by atoms with Crippen LogP contribution < -0.4 is 4.74 Å². The molecule has 0 atom stereocenters. The van der Waals surface area contributed by atoms with E-state index in [2.05, 4.69) is 4.98 Å². The largest absolute Gasteiger partial charge is 0.494 e. The van der Waals surface area contributed by atoms with E-state index in [1.807, 2.05) is 0 Å². The van der Waals surface area contributed by atoms with Crippen LogP contribution in [0.3, 0.4) is 0 Å². The van der Waals surface area contributed by atoms with Crippen LogP contribution in [0.5, 0.6) is 5.75 Å². The van der Waals surface area contributed by atoms with Crippen molar-refractivity contribution in [2.75, 3.05) is 7.11 Å². The van der Waals surface area contributed by atoms with Gasteiger partial charge in [0.05, 0.1) is 12.7 Å². The van der Waals surface area contributed by atoms with Gasteiger partial charge in [-0.15, -0.1) is 0 Å². The number of fused-ring (bicyclic) bond motifs is 1. The summed E-state index contributed by atoms with van der Waals surface area (Å²) < 4.78 is 6.94. The molecule has 5 nitrogen and oxygen atoms in total. The molecule has 5 heteroatoms. The number of ketones is 2. The number of carbonyl (C=O) groups excluding carboxylic acids is 2. The summed E-state index contributed by atoms with van der Waals surface area (Å²) >= 11 is 0. The van der Waals surface area contributed by atoms with Crippen molar-refractivity contribution < 1.29 is 14.3 Å². The van der Waals surface area contributed by atoms with Gasteiger partial charge in [0.15, 0.2) is 5.78 Å². The zero-order valence-electron chi connectivity index (χ0n) is 9.85. The Morgan fingerprint density at radius 3 is 2.71 bits per heavy atom. The second-order valence-corrected chi connectivity index (χ2v) is 3.75. The first kappa shape index (κ1) is 11.3. The molecule has 0 N–H and O–H groups in total. The molecule has 0 aliphatic rings. The maximum atomic E-state index is 11.7. The molecule has 0 unspecified atom stereocenters. The standard InChI is InChI=1S/C12H12N2O3/c1-7(15)12(16)8-6-14(2)11-9(17-3)4-5-13-10(8)11/h4-6H,1-3H3. The number of aryl methyl sites for hydroxylation is 1. The van der Waals surface area contributed by atoms with Gasteiger partial charge in [-0.3, -0.25) is 14.6 Å². The van der Waals surface area contributed by atoms with E-state index in [9.17, 15) is 9.59 Å². The Hall–Kier alpha value is -2.17. The van der Waals surface area contributed by atoms with Gasteiger partial charge in [-0.1, -0.05) is 0 Å². The predicted octanol–water partition coefficient (Wildman–Crippen LogP) is 1.35. The summed E-state index contributed by atoms with van der Waals surface area (Å²) in [5, 5.41) is 0. The van der Waals surface area contributed by atoms with Gasteiger partial charge >= 0.3 is 0 Å². The van der Waals surface area contributed by atoms with Crippen molar-refractivity contribution >= 4 is 22.6 Å². The summed E-state index contributed by atoms with van der Waals surface area (Å²) in [6.45, 7) is 1.25. The van der Waals surface area contributed by atoms with E-state index in [0.29, 0.717) is 22.3 Å². The van der Waals surface area contributed by atoms with Crippen molar-refractivity contribution in [1.82, 2.24) is 9.55 Å². The maximum Gasteiger partial charge on any atom is 0.231 e. The highest BCUT2D eigenvalue weighted by Crippen LogP contribution is 2.27. The van der Waals surface area contributed by atoms with Gasteiger partial charge in [0.25, 0.3) is 0 Å². The molecule has 0 aromatic carbocycles. The second-order valence-electron chi connectivity index (χ2n) is 3.75. The first-order valence-electron chi connectivity index (χ1n) is 5.09. The van der Waals surface area contributed by atoms with Crippen LogP contribution in [0, 0.1) is 0 Å². The van der Waals surface area contributed by atoms with E-state index in [0.717, 1.165) is 0 Å². The summed E-state index contributed by atoms with van der Waals surface area (Å²) in [4.78, 5) is 27.0. The van der Waals surface area contributed by atoms with E-state index in [4.69, 9.17) is 4.74 Å². The minimum atomic E-state index is -0.531. The minimum absolute atomic E-state index is 0.314. The van der Waals surface area contributed by atoms with Crippen molar-refractivity contribution in [3.05, 3.63) is 24.0 Å². The molecule has 17 heavy (non-hydrogen) atoms. The van der Waals surface area contributed by atoms with Crippen molar-refractivity contribution in [2.45, 2.75) is 6.92 Å². The lowest BCUT2D eigenvalue weighted by Gasteiger charge is -2.03. The van der Waals surface area contributed by atoms with E-state index >= 15 is 0 Å². The lowest BCUT2D eigenvalue weighted by Crippen LogP contribution is -2.09. The fraction of sp³-hybridized carbons (Fsp3) is 0.250. The maximum absolute atomic E-state index is 11.7. The molecule has 2 aromatic rings. The van der Waals surface area contributed by atoms with Crippen LogP contribution in [-0.2, 0) is 11.8 Å². The Kier molecular flexibility index (Phi) is 2.67. The smallest absolute Gasteiger partial charge is 0.231 e. The first-order chi connectivity index (χ1) is 8.06. The topological polar surface area (TPSA) is 61.2 Å². The molecule has 88 valence electrons. The number of carbonyl (C=O) groups is 2. The fourth-order valence-corrected chi connectivity index (χ4v) is 1.81. The van der Waals surface area contributed by atoms with Crippen LogP contribution >= 0.6 is 0 Å². The lowest BCUT2D eigenvalue weighted by molar-refractivity contribution is -0.113. The van der Waals surface area contributed by atoms with Crippen LogP contribution in [-0.4, -0.2) is 28.2 Å². The third-order valence-corrected chi connectivity index (χ3v) is 2.60. The molecule has 2 rings (SSSR count). The Balaban J connectivity index is 2.76. The molecule has 0 aliphatic heterocycles. The number of aromatic nitrogens is 2. The number of pyridine rings is 1. The Morgan fingerprint density at radius 1 is 1.41 bits per heavy atom. The highest BCUT2D eigenvalue weighted by molar-refractivity contribution is 6.44. The number of Topliss-reactive ketones (excluding diaryl/α,β-unsaturated/α-hetero) is 2. The van der Waals surface area contributed by atoms with Gasteiger partial charge in [0.2, 0.25) is 5.78 Å². The SMILES string of the molecule is COc1ccnc2c(C(=O)C(C)=O)cn(C)c12. The fourth-order valence-electron chi connectivity index (χ4n) is 1.81. The van der Waals surface area contributed by atoms with E-state index in [1.54, 1.807) is 37.2 Å². The first-order valence-corrected chi connectivity index (χ1v) is 5.09. The molecule has 0 saturated heterocycles. The molecule has 0 saturated carbocycles. The minimum Gasteiger partial charge on any atom is -0.494 e. The van der Waals surface area contributed by atoms with Crippen LogP contribution in [0.1, 0.15) is 17.3 Å². The molecular formula is C12H12N2O3. The third kappa shape index (κ3) is 1.69. The highest BCUT2D eigenvalue weighted by atomic mass is 16.5. The molecule has 0 radical (unpaired) electrons. The van der Waals surface area contributed by atoms with Crippen molar-refractivity contribution in [2.24, 2.45) is 7.05 Å². The average molecular weight is 232 g/mol. The normalized spacial score (nSPS) is 10.5. The Bertz CT molecular complexity index is 613. The van der Waals surface area contributed by atoms with E-state index in [-0.39, 0.29) is 0 Å². The van der Waals surface area contributed by atoms with Gasteiger partial charge in [-0.05, 0) is 0 Å². The zero-order valence-corrected chi connectivity index (χ0v) is 9.85. The molecular weight excluding hydrogens is 220 g/mol. The third-order valence-electron chi connectivity index (χ3n) is 2.60. The van der Waals surface area contributed by atoms with Gasteiger partial charge in [0, 0.05) is 32.4 Å². The number of rotatable bonds is 3. The Morgan fingerprint density at radius 2 is 2.12 bits per heavy atom. The van der Waals surface area contributed by atoms with Gasteiger partial charge in [-0.25, -0.2) is 0 Å². The molecule has 0 bridgehead atoms. The summed E-state index contributed by atoms with van der Waals surface area (Å²) in [6, 6.07) is 1.71. The highest BCUT2D eigenvalue weighted by Gasteiger charge is 2.20. The summed E-state index contributed by atoms with van der Waals surface area (Å²) in [7, 11) is 3.33. The number of ether oxygens (including phenoxy) is 1. The van der Waals surface area contributed by atoms with Crippen molar-refractivity contribution in [3.63, 3.8) is 0 Å². The lowest BCUT2D eigenvalue weighted by atomic mass is 10.1. The van der Waals surface area contributed by atoms with Crippen molar-refractivity contribution in [1.29, 1.82) is 0 Å². The van der Waals surface area contributed by atoms with Crippen LogP contribution in [0.4, 0.5) is 0 Å². The van der Waals surface area contributed by atoms with Crippen LogP contribution in [0.15, 0.2) is 18.5 Å². The molecule has 0 amide bonds. The molecule has 2 aromatic heterocycles. The second kappa shape index (κ2) is 4.01. The monoisotopic (exact) mass is 232 g/mol. The number of hydrogen-bond donors (Lipinski definition) is 0. The Labute approximate surface area is 98.0 Å². The number of methoxy groups -OCH3 is 1. The van der Waals surface area contributed by atoms with E-state index in [1.165, 1.54) is 6.92 Å². The van der Waals surface area contributed by atoms with Crippen LogP contribution in [0.2, 0.25) is 0 Å². The van der Waals surface area contributed by atoms with Crippen LogP contribution in [0.25, 0.3) is 11.0 Å².